The molecule has 0 spiro atoms. The van der Waals surface area contributed by atoms with Gasteiger partial charge in [-0.3, -0.25) is 9.20 Å². The molecule has 7 heteroatoms. The molecular formula is C22H19N5OS. The van der Waals surface area contributed by atoms with Crippen LogP contribution >= 0.6 is 11.8 Å². The maximum absolute atomic E-state index is 12.9. The van der Waals surface area contributed by atoms with Crippen LogP contribution in [0.2, 0.25) is 0 Å². The maximum atomic E-state index is 12.9. The van der Waals surface area contributed by atoms with Crippen LogP contribution in [0.25, 0.3) is 16.6 Å². The molecule has 0 saturated heterocycles. The van der Waals surface area contributed by atoms with Crippen molar-refractivity contribution in [1.29, 1.82) is 5.26 Å². The van der Waals surface area contributed by atoms with Gasteiger partial charge in [0.1, 0.15) is 0 Å². The molecule has 4 aromatic rings. The topological polar surface area (TPSA) is 74.3 Å². The number of carbonyl (C=O) groups excluding carboxylic acids is 1. The highest BCUT2D eigenvalue weighted by molar-refractivity contribution is 7.99. The molecule has 0 atom stereocenters. The Labute approximate surface area is 172 Å². The first-order valence-electron chi connectivity index (χ1n) is 9.27. The van der Waals surface area contributed by atoms with Gasteiger partial charge in [-0.05, 0) is 36.8 Å². The Bertz CT molecular complexity index is 1210. The van der Waals surface area contributed by atoms with Gasteiger partial charge in [-0.25, -0.2) is 0 Å². The van der Waals surface area contributed by atoms with E-state index in [2.05, 4.69) is 29.3 Å². The molecule has 0 aliphatic heterocycles. The number of nitrogens with zero attached hydrogens (tertiary/aromatic N) is 5. The van der Waals surface area contributed by atoms with Gasteiger partial charge in [-0.1, -0.05) is 48.2 Å². The van der Waals surface area contributed by atoms with Gasteiger partial charge in [0.05, 0.1) is 23.8 Å². The summed E-state index contributed by atoms with van der Waals surface area (Å²) in [5.74, 6) is 0.146. The molecule has 29 heavy (non-hydrogen) atoms. The maximum Gasteiger partial charge on any atom is 0.237 e. The lowest BCUT2D eigenvalue weighted by molar-refractivity contribution is -0.116. The molecule has 0 fully saturated rings. The van der Waals surface area contributed by atoms with Crippen molar-refractivity contribution in [2.75, 3.05) is 17.2 Å². The van der Waals surface area contributed by atoms with Crippen LogP contribution in [0.3, 0.4) is 0 Å². The Morgan fingerprint density at radius 3 is 2.69 bits per heavy atom. The predicted molar refractivity (Wildman–Crippen MR) is 115 cm³/mol. The third-order valence-electron chi connectivity index (χ3n) is 4.71. The SMILES string of the molecule is Cc1cc2nnc(SCC(=O)N(CCC#N)c3ccccc3)n2c2ccccc12. The monoisotopic (exact) mass is 401 g/mol. The molecule has 0 aliphatic rings. The zero-order valence-electron chi connectivity index (χ0n) is 15.9. The van der Waals surface area contributed by atoms with Gasteiger partial charge in [-0.2, -0.15) is 5.26 Å². The molecule has 6 nitrogen and oxygen atoms in total. The number of para-hydroxylation sites is 2. The minimum Gasteiger partial charge on any atom is -0.311 e. The van der Waals surface area contributed by atoms with E-state index in [-0.39, 0.29) is 18.1 Å². The number of anilines is 1. The lowest BCUT2D eigenvalue weighted by atomic mass is 10.1. The van der Waals surface area contributed by atoms with Gasteiger partial charge >= 0.3 is 0 Å². The van der Waals surface area contributed by atoms with Crippen molar-refractivity contribution < 1.29 is 4.79 Å². The highest BCUT2D eigenvalue weighted by Crippen LogP contribution is 2.26. The van der Waals surface area contributed by atoms with Gasteiger partial charge < -0.3 is 4.90 Å². The van der Waals surface area contributed by atoms with Gasteiger partial charge in [-0.15, -0.1) is 10.2 Å². The van der Waals surface area contributed by atoms with Crippen molar-refractivity contribution >= 4 is 39.9 Å². The molecule has 0 aliphatic carbocycles. The number of rotatable bonds is 6. The number of thioether (sulfide) groups is 1. The Hall–Kier alpha value is -3.37. The molecule has 2 aromatic carbocycles. The van der Waals surface area contributed by atoms with E-state index in [0.29, 0.717) is 11.7 Å². The number of pyridine rings is 1. The second-order valence-corrected chi connectivity index (χ2v) is 7.54. The van der Waals surface area contributed by atoms with E-state index in [1.807, 2.05) is 59.0 Å². The lowest BCUT2D eigenvalue weighted by Crippen LogP contribution is -2.33. The van der Waals surface area contributed by atoms with E-state index in [0.717, 1.165) is 27.8 Å². The average molecular weight is 401 g/mol. The van der Waals surface area contributed by atoms with Crippen molar-refractivity contribution in [2.45, 2.75) is 18.5 Å². The van der Waals surface area contributed by atoms with Crippen molar-refractivity contribution in [1.82, 2.24) is 14.6 Å². The molecule has 2 aromatic heterocycles. The Balaban J connectivity index is 1.61. The quantitative estimate of drug-likeness (QED) is 0.452. The number of hydrogen-bond acceptors (Lipinski definition) is 5. The summed E-state index contributed by atoms with van der Waals surface area (Å²) in [6.45, 7) is 2.42. The summed E-state index contributed by atoms with van der Waals surface area (Å²) in [5.41, 5.74) is 3.72. The summed E-state index contributed by atoms with van der Waals surface area (Å²) in [4.78, 5) is 14.6. The normalized spacial score (nSPS) is 10.9. The Morgan fingerprint density at radius 2 is 1.90 bits per heavy atom. The van der Waals surface area contributed by atoms with Crippen LogP contribution in [0.4, 0.5) is 5.69 Å². The Kier molecular flexibility index (Phi) is 5.45. The number of aromatic nitrogens is 3. The number of benzene rings is 2. The second-order valence-electron chi connectivity index (χ2n) is 6.60. The molecular weight excluding hydrogens is 382 g/mol. The molecule has 1 amide bonds. The zero-order chi connectivity index (χ0) is 20.2. The van der Waals surface area contributed by atoms with E-state index in [1.54, 1.807) is 4.90 Å². The van der Waals surface area contributed by atoms with Crippen molar-refractivity contribution in [3.8, 4) is 6.07 Å². The lowest BCUT2D eigenvalue weighted by Gasteiger charge is -2.21. The average Bonchev–Trinajstić information content (AvgIpc) is 3.16. The van der Waals surface area contributed by atoms with Crippen molar-refractivity contribution in [3.63, 3.8) is 0 Å². The van der Waals surface area contributed by atoms with E-state index in [4.69, 9.17) is 5.26 Å². The fourth-order valence-electron chi connectivity index (χ4n) is 3.34. The zero-order valence-corrected chi connectivity index (χ0v) is 16.8. The largest absolute Gasteiger partial charge is 0.311 e. The van der Waals surface area contributed by atoms with Gasteiger partial charge in [0.25, 0.3) is 0 Å². The molecule has 0 bridgehead atoms. The standard InChI is InChI=1S/C22H19N5OS/c1-16-14-20-24-25-22(27(20)19-11-6-5-10-18(16)19)29-15-21(28)26(13-7-12-23)17-8-3-2-4-9-17/h2-6,8-11,14H,7,13,15H2,1H3. The number of carbonyl (C=O) groups is 1. The fraction of sp³-hybridized carbons (Fsp3) is 0.182. The number of aryl methyl sites for hydroxylation is 1. The molecule has 144 valence electrons. The van der Waals surface area contributed by atoms with Crippen LogP contribution in [0.5, 0.6) is 0 Å². The summed E-state index contributed by atoms with van der Waals surface area (Å²) >= 11 is 1.36. The summed E-state index contributed by atoms with van der Waals surface area (Å²) in [7, 11) is 0. The van der Waals surface area contributed by atoms with Crippen LogP contribution in [0, 0.1) is 18.3 Å². The summed E-state index contributed by atoms with van der Waals surface area (Å²) < 4.78 is 1.99. The first-order chi connectivity index (χ1) is 14.2. The molecule has 0 radical (unpaired) electrons. The third kappa shape index (κ3) is 3.80. The first kappa shape index (κ1) is 19.0. The van der Waals surface area contributed by atoms with Crippen LogP contribution in [0.1, 0.15) is 12.0 Å². The summed E-state index contributed by atoms with van der Waals surface area (Å²) in [6.07, 6.45) is 0.281. The van der Waals surface area contributed by atoms with E-state index in [1.165, 1.54) is 11.8 Å². The van der Waals surface area contributed by atoms with Crippen molar-refractivity contribution in [2.24, 2.45) is 0 Å². The highest BCUT2D eigenvalue weighted by Gasteiger charge is 2.18. The van der Waals surface area contributed by atoms with E-state index in [9.17, 15) is 4.79 Å². The number of nitriles is 1. The molecule has 0 unspecified atom stereocenters. The Morgan fingerprint density at radius 1 is 1.14 bits per heavy atom. The molecule has 4 rings (SSSR count). The van der Waals surface area contributed by atoms with Crippen LogP contribution in [-0.4, -0.2) is 32.8 Å². The van der Waals surface area contributed by atoms with Gasteiger partial charge in [0.15, 0.2) is 10.8 Å². The number of amides is 1. The van der Waals surface area contributed by atoms with Crippen LogP contribution < -0.4 is 4.90 Å². The van der Waals surface area contributed by atoms with Gasteiger partial charge in [0.2, 0.25) is 5.91 Å². The highest BCUT2D eigenvalue weighted by atomic mass is 32.2. The third-order valence-corrected chi connectivity index (χ3v) is 5.63. The fourth-order valence-corrected chi connectivity index (χ4v) is 4.17. The number of hydrogen-bond donors (Lipinski definition) is 0. The molecule has 0 N–H and O–H groups in total. The first-order valence-corrected chi connectivity index (χ1v) is 10.3. The predicted octanol–water partition coefficient (Wildman–Crippen LogP) is 4.23. The smallest absolute Gasteiger partial charge is 0.237 e. The minimum absolute atomic E-state index is 0.0652. The van der Waals surface area contributed by atoms with E-state index >= 15 is 0 Å². The minimum atomic E-state index is -0.0652. The number of fused-ring (bicyclic) bond motifs is 3. The van der Waals surface area contributed by atoms with E-state index < -0.39 is 0 Å². The second kappa shape index (κ2) is 8.33. The molecule has 0 saturated carbocycles. The van der Waals surface area contributed by atoms with Gasteiger partial charge in [0, 0.05) is 17.6 Å². The molecule has 2 heterocycles. The van der Waals surface area contributed by atoms with Crippen LogP contribution in [0.15, 0.2) is 65.8 Å². The van der Waals surface area contributed by atoms with Crippen molar-refractivity contribution in [3.05, 3.63) is 66.2 Å². The van der Waals surface area contributed by atoms with Crippen LogP contribution in [-0.2, 0) is 4.79 Å². The summed E-state index contributed by atoms with van der Waals surface area (Å²) in [6, 6.07) is 21.6. The summed E-state index contributed by atoms with van der Waals surface area (Å²) in [5, 5.41) is 19.4.